The minimum atomic E-state index is 1.09. The molecule has 0 spiro atoms. The van der Waals surface area contributed by atoms with Crippen molar-refractivity contribution >= 4 is 71.2 Å². The van der Waals surface area contributed by atoms with Crippen LogP contribution in [0.2, 0.25) is 0 Å². The third-order valence-electron chi connectivity index (χ3n) is 13.5. The highest BCUT2D eigenvalue weighted by atomic mass is 15.1. The molecule has 0 aliphatic rings. The molecule has 1 heterocycles. The first-order valence-electron chi connectivity index (χ1n) is 22.7. The molecule has 0 bridgehead atoms. The molecule has 2 nitrogen and oxygen atoms in total. The average Bonchev–Trinajstić information content (AvgIpc) is 3.73. The Morgan fingerprint density at radius 3 is 1.33 bits per heavy atom. The first-order chi connectivity index (χ1) is 32.7. The Bertz CT molecular complexity index is 3850. The van der Waals surface area contributed by atoms with Crippen molar-refractivity contribution < 1.29 is 0 Å². The topological polar surface area (TPSA) is 8.17 Å². The van der Waals surface area contributed by atoms with E-state index in [0.29, 0.717) is 0 Å². The lowest BCUT2D eigenvalue weighted by Crippen LogP contribution is -2.11. The van der Waals surface area contributed by atoms with E-state index in [1.807, 2.05) is 0 Å². The van der Waals surface area contributed by atoms with Crippen LogP contribution in [0, 0.1) is 0 Å². The van der Waals surface area contributed by atoms with Gasteiger partial charge in [-0.15, -0.1) is 0 Å². The molecule has 0 aliphatic carbocycles. The highest BCUT2D eigenvalue weighted by Crippen LogP contribution is 2.46. The van der Waals surface area contributed by atoms with Gasteiger partial charge in [-0.3, -0.25) is 0 Å². The summed E-state index contributed by atoms with van der Waals surface area (Å²) in [4.78, 5) is 2.45. The van der Waals surface area contributed by atoms with E-state index < -0.39 is 0 Å². The van der Waals surface area contributed by atoms with Crippen molar-refractivity contribution in [3.05, 3.63) is 255 Å². The number of nitrogens with zero attached hydrogens (tertiary/aromatic N) is 2. The summed E-state index contributed by atoms with van der Waals surface area (Å²) >= 11 is 0. The second-order valence-corrected chi connectivity index (χ2v) is 17.3. The lowest BCUT2D eigenvalue weighted by molar-refractivity contribution is 1.20. The normalized spacial score (nSPS) is 11.6. The summed E-state index contributed by atoms with van der Waals surface area (Å²) in [6.07, 6.45) is 0. The summed E-state index contributed by atoms with van der Waals surface area (Å²) in [6.45, 7) is 0. The molecule has 0 unspecified atom stereocenters. The average molecular weight is 839 g/mol. The van der Waals surface area contributed by atoms with Crippen molar-refractivity contribution in [2.45, 2.75) is 0 Å². The highest BCUT2D eigenvalue weighted by molar-refractivity contribution is 6.27. The van der Waals surface area contributed by atoms with Crippen LogP contribution in [-0.2, 0) is 0 Å². The standard InChI is InChI=1S/C64H42N2/c1-3-13-43(14-4-1)45-25-27-46(28-26-45)52-19-12-20-54(42-52)65(53-35-29-47(30-36-53)51-18-11-17-50(41-51)44-15-5-2-6-16-44)61-39-33-48-32-38-58-62(40-34-49-31-37-57(61)63(48)64(49)58)66-59-23-9-7-21-55(59)56-22-8-10-24-60(56)66/h1-42H. The molecule has 12 aromatic carbocycles. The van der Waals surface area contributed by atoms with E-state index in [9.17, 15) is 0 Å². The van der Waals surface area contributed by atoms with Gasteiger partial charge in [0.2, 0.25) is 0 Å². The van der Waals surface area contributed by atoms with Crippen molar-refractivity contribution in [2.75, 3.05) is 4.90 Å². The molecule has 0 saturated carbocycles. The lowest BCUT2D eigenvalue weighted by Gasteiger charge is -2.28. The van der Waals surface area contributed by atoms with Crippen LogP contribution in [0.5, 0.6) is 0 Å². The van der Waals surface area contributed by atoms with Gasteiger partial charge in [0.1, 0.15) is 0 Å². The predicted octanol–water partition coefficient (Wildman–Crippen LogP) is 17.8. The van der Waals surface area contributed by atoms with Crippen molar-refractivity contribution in [1.82, 2.24) is 4.57 Å². The smallest absolute Gasteiger partial charge is 0.0541 e. The highest BCUT2D eigenvalue weighted by Gasteiger charge is 2.21. The predicted molar refractivity (Wildman–Crippen MR) is 281 cm³/mol. The molecule has 13 rings (SSSR count). The Morgan fingerprint density at radius 1 is 0.258 bits per heavy atom. The van der Waals surface area contributed by atoms with Gasteiger partial charge >= 0.3 is 0 Å². The quantitative estimate of drug-likeness (QED) is 0.138. The Hall–Kier alpha value is -8.72. The molecular formula is C64H42N2. The van der Waals surface area contributed by atoms with Crippen LogP contribution in [0.4, 0.5) is 17.1 Å². The number of fused-ring (bicyclic) bond motifs is 3. The maximum atomic E-state index is 2.46. The van der Waals surface area contributed by atoms with Crippen molar-refractivity contribution in [3.8, 4) is 50.2 Å². The number of anilines is 3. The first-order valence-corrected chi connectivity index (χ1v) is 22.7. The zero-order valence-corrected chi connectivity index (χ0v) is 36.1. The van der Waals surface area contributed by atoms with E-state index in [4.69, 9.17) is 0 Å². The second kappa shape index (κ2) is 15.5. The lowest BCUT2D eigenvalue weighted by atomic mass is 9.92. The van der Waals surface area contributed by atoms with Crippen molar-refractivity contribution in [2.24, 2.45) is 0 Å². The number of aromatic nitrogens is 1. The summed E-state index contributed by atoms with van der Waals surface area (Å²) in [5.41, 5.74) is 16.5. The van der Waals surface area contributed by atoms with Crippen LogP contribution in [0.25, 0.3) is 104 Å². The molecule has 2 heteroatoms. The molecule has 0 amide bonds. The van der Waals surface area contributed by atoms with E-state index in [0.717, 1.165) is 17.1 Å². The van der Waals surface area contributed by atoms with Gasteiger partial charge in [-0.1, -0.05) is 200 Å². The van der Waals surface area contributed by atoms with E-state index in [-0.39, 0.29) is 0 Å². The summed E-state index contributed by atoms with van der Waals surface area (Å²) in [7, 11) is 0. The Labute approximate surface area is 383 Å². The van der Waals surface area contributed by atoms with Crippen molar-refractivity contribution in [1.29, 1.82) is 0 Å². The second-order valence-electron chi connectivity index (χ2n) is 17.3. The van der Waals surface area contributed by atoms with Crippen LogP contribution in [0.1, 0.15) is 0 Å². The third kappa shape index (κ3) is 6.26. The van der Waals surface area contributed by atoms with Crippen LogP contribution in [-0.4, -0.2) is 4.57 Å². The largest absolute Gasteiger partial charge is 0.310 e. The molecule has 0 atom stereocenters. The van der Waals surface area contributed by atoms with Gasteiger partial charge in [-0.25, -0.2) is 0 Å². The van der Waals surface area contributed by atoms with Crippen LogP contribution in [0.15, 0.2) is 255 Å². The summed E-state index contributed by atoms with van der Waals surface area (Å²) in [5, 5.41) is 10.0. The molecule has 308 valence electrons. The van der Waals surface area contributed by atoms with Crippen LogP contribution in [0.3, 0.4) is 0 Å². The first kappa shape index (κ1) is 37.8. The monoisotopic (exact) mass is 838 g/mol. The molecule has 66 heavy (non-hydrogen) atoms. The molecule has 0 N–H and O–H groups in total. The van der Waals surface area contributed by atoms with Gasteiger partial charge in [-0.05, 0) is 121 Å². The van der Waals surface area contributed by atoms with E-state index in [2.05, 4.69) is 264 Å². The van der Waals surface area contributed by atoms with Crippen LogP contribution >= 0.6 is 0 Å². The minimum Gasteiger partial charge on any atom is -0.310 e. The zero-order chi connectivity index (χ0) is 43.6. The SMILES string of the molecule is c1ccc(-c2ccc(-c3cccc(N(c4ccc(-c5cccc(-c6ccccc6)c5)cc4)c4ccc5ccc6c(-n7c8ccccc8c8ccccc87)ccc7ccc4c5c76)c3)cc2)cc1. The molecule has 0 aliphatic heterocycles. The fourth-order valence-corrected chi connectivity index (χ4v) is 10.4. The summed E-state index contributed by atoms with van der Waals surface area (Å²) < 4.78 is 2.46. The van der Waals surface area contributed by atoms with Gasteiger partial charge < -0.3 is 9.47 Å². The van der Waals surface area contributed by atoms with E-state index >= 15 is 0 Å². The molecular weight excluding hydrogens is 797 g/mol. The number of benzene rings is 12. The molecule has 1 aromatic heterocycles. The summed E-state index contributed by atoms with van der Waals surface area (Å²) in [6, 6.07) is 93.2. The number of hydrogen-bond acceptors (Lipinski definition) is 1. The molecule has 13 aromatic rings. The van der Waals surface area contributed by atoms with E-state index in [1.54, 1.807) is 0 Å². The fraction of sp³-hybridized carbons (Fsp3) is 0. The fourth-order valence-electron chi connectivity index (χ4n) is 10.4. The third-order valence-corrected chi connectivity index (χ3v) is 13.5. The molecule has 0 fully saturated rings. The molecule has 0 saturated heterocycles. The van der Waals surface area contributed by atoms with Gasteiger partial charge in [0, 0.05) is 32.9 Å². The maximum absolute atomic E-state index is 2.46. The number of rotatable bonds is 8. The maximum Gasteiger partial charge on any atom is 0.0541 e. The van der Waals surface area contributed by atoms with Gasteiger partial charge in [0.25, 0.3) is 0 Å². The number of hydrogen-bond donors (Lipinski definition) is 0. The Kier molecular flexibility index (Phi) is 8.89. The van der Waals surface area contributed by atoms with Gasteiger partial charge in [-0.2, -0.15) is 0 Å². The zero-order valence-electron chi connectivity index (χ0n) is 36.1. The minimum absolute atomic E-state index is 1.09. The van der Waals surface area contributed by atoms with Crippen molar-refractivity contribution in [3.63, 3.8) is 0 Å². The summed E-state index contributed by atoms with van der Waals surface area (Å²) in [5.74, 6) is 0. The Morgan fingerprint density at radius 2 is 0.697 bits per heavy atom. The van der Waals surface area contributed by atoms with Gasteiger partial charge in [0.15, 0.2) is 0 Å². The molecule has 0 radical (unpaired) electrons. The van der Waals surface area contributed by atoms with Crippen LogP contribution < -0.4 is 4.90 Å². The number of para-hydroxylation sites is 2. The van der Waals surface area contributed by atoms with E-state index in [1.165, 1.54) is 104 Å². The van der Waals surface area contributed by atoms with Gasteiger partial charge in [0.05, 0.1) is 22.4 Å². The Balaban J connectivity index is 0.986.